The summed E-state index contributed by atoms with van der Waals surface area (Å²) in [5, 5.41) is 0. The van der Waals surface area contributed by atoms with Gasteiger partial charge in [0, 0.05) is 30.7 Å². The van der Waals surface area contributed by atoms with Gasteiger partial charge in [-0.3, -0.25) is 9.97 Å². The number of hydrogen-bond donors (Lipinski definition) is 0. The fraction of sp³-hybridized carbons (Fsp3) is 0.474. The summed E-state index contributed by atoms with van der Waals surface area (Å²) in [5.74, 6) is 1.70. The first-order valence-corrected chi connectivity index (χ1v) is 8.07. The van der Waals surface area contributed by atoms with Crippen molar-refractivity contribution >= 4 is 0 Å². The second-order valence-electron chi connectivity index (χ2n) is 5.87. The highest BCUT2D eigenvalue weighted by Gasteiger charge is 2.27. The summed E-state index contributed by atoms with van der Waals surface area (Å²) in [6, 6.07) is 8.46. The molecule has 0 aromatic carbocycles. The van der Waals surface area contributed by atoms with E-state index in [1.165, 1.54) is 30.4 Å². The van der Waals surface area contributed by atoms with Crippen molar-refractivity contribution in [3.63, 3.8) is 0 Å². The molecule has 0 saturated carbocycles. The van der Waals surface area contributed by atoms with Crippen LogP contribution in [-0.2, 0) is 0 Å². The molecule has 0 radical (unpaired) electrons. The monoisotopic (exact) mass is 282 g/mol. The maximum absolute atomic E-state index is 4.32. The van der Waals surface area contributed by atoms with Crippen LogP contribution in [0.15, 0.2) is 49.1 Å². The summed E-state index contributed by atoms with van der Waals surface area (Å²) in [7, 11) is 0. The quantitative estimate of drug-likeness (QED) is 0.708. The molecule has 0 saturated heterocycles. The van der Waals surface area contributed by atoms with Crippen molar-refractivity contribution in [1.29, 1.82) is 0 Å². The molecule has 2 aromatic rings. The molecule has 0 aliphatic carbocycles. The van der Waals surface area contributed by atoms with Crippen molar-refractivity contribution in [3.05, 3.63) is 60.2 Å². The van der Waals surface area contributed by atoms with Crippen molar-refractivity contribution in [2.45, 2.75) is 46.0 Å². The van der Waals surface area contributed by atoms with Gasteiger partial charge in [0.1, 0.15) is 0 Å². The molecule has 0 fully saturated rings. The van der Waals surface area contributed by atoms with Crippen LogP contribution in [0.25, 0.3) is 0 Å². The second-order valence-corrected chi connectivity index (χ2v) is 5.87. The third kappa shape index (κ3) is 3.90. The molecular weight excluding hydrogens is 256 g/mol. The lowest BCUT2D eigenvalue weighted by Gasteiger charge is -2.31. The Morgan fingerprint density at radius 3 is 1.90 bits per heavy atom. The minimum absolute atomic E-state index is 0.379. The van der Waals surface area contributed by atoms with Crippen molar-refractivity contribution in [2.24, 2.45) is 11.8 Å². The fourth-order valence-electron chi connectivity index (χ4n) is 3.40. The van der Waals surface area contributed by atoms with Crippen LogP contribution in [-0.4, -0.2) is 9.97 Å². The van der Waals surface area contributed by atoms with Crippen LogP contribution in [0.5, 0.6) is 0 Å². The lowest BCUT2D eigenvalue weighted by Crippen LogP contribution is -2.20. The summed E-state index contributed by atoms with van der Waals surface area (Å²) in [4.78, 5) is 8.65. The van der Waals surface area contributed by atoms with Crippen LogP contribution in [0.3, 0.4) is 0 Å². The highest BCUT2D eigenvalue weighted by Crippen LogP contribution is 2.38. The molecule has 21 heavy (non-hydrogen) atoms. The van der Waals surface area contributed by atoms with Gasteiger partial charge in [-0.2, -0.15) is 0 Å². The Balaban J connectivity index is 2.37. The summed E-state index contributed by atoms with van der Waals surface area (Å²) >= 11 is 0. The lowest BCUT2D eigenvalue weighted by molar-refractivity contribution is 0.295. The smallest absolute Gasteiger partial charge is 0.0306 e. The van der Waals surface area contributed by atoms with E-state index in [1.807, 2.05) is 36.9 Å². The number of rotatable bonds is 7. The first kappa shape index (κ1) is 15.7. The highest BCUT2D eigenvalue weighted by atomic mass is 14.6. The van der Waals surface area contributed by atoms with E-state index < -0.39 is 0 Å². The molecule has 2 nitrogen and oxygen atoms in total. The molecule has 2 heteroatoms. The predicted molar refractivity (Wildman–Crippen MR) is 88.2 cm³/mol. The number of aromatic nitrogens is 2. The molecular formula is C19H26N2. The molecule has 0 bridgehead atoms. The molecule has 0 amide bonds. The Bertz CT molecular complexity index is 470. The zero-order chi connectivity index (χ0) is 15.1. The second kappa shape index (κ2) is 7.92. The van der Waals surface area contributed by atoms with Crippen molar-refractivity contribution in [2.75, 3.05) is 0 Å². The molecule has 112 valence electrons. The largest absolute Gasteiger partial charge is 0.264 e. The molecule has 0 N–H and O–H groups in total. The van der Waals surface area contributed by atoms with Crippen molar-refractivity contribution in [1.82, 2.24) is 9.97 Å². The van der Waals surface area contributed by atoms with Crippen LogP contribution < -0.4 is 0 Å². The Morgan fingerprint density at radius 2 is 1.52 bits per heavy atom. The Kier molecular flexibility index (Phi) is 5.91. The van der Waals surface area contributed by atoms with Gasteiger partial charge in [-0.15, -0.1) is 0 Å². The van der Waals surface area contributed by atoms with Gasteiger partial charge in [0.15, 0.2) is 0 Å². The number of nitrogens with zero attached hydrogens (tertiary/aromatic N) is 2. The molecule has 0 aliphatic rings. The Morgan fingerprint density at radius 1 is 0.952 bits per heavy atom. The van der Waals surface area contributed by atoms with E-state index in [0.29, 0.717) is 11.8 Å². The molecule has 0 aliphatic heterocycles. The molecule has 2 rings (SSSR count). The van der Waals surface area contributed by atoms with Gasteiger partial charge in [-0.05, 0) is 35.1 Å². The summed E-state index contributed by atoms with van der Waals surface area (Å²) in [5.41, 5.74) is 2.60. The summed E-state index contributed by atoms with van der Waals surface area (Å²) in [6.07, 6.45) is 11.5. The lowest BCUT2D eigenvalue weighted by atomic mass is 9.74. The van der Waals surface area contributed by atoms with Gasteiger partial charge in [0.05, 0.1) is 0 Å². The average Bonchev–Trinajstić information content (AvgIpc) is 2.55. The number of pyridine rings is 2. The van der Waals surface area contributed by atoms with Crippen LogP contribution in [0, 0.1) is 11.8 Å². The zero-order valence-corrected chi connectivity index (χ0v) is 13.4. The summed E-state index contributed by atoms with van der Waals surface area (Å²) < 4.78 is 0. The first-order valence-electron chi connectivity index (χ1n) is 8.07. The van der Waals surface area contributed by atoms with E-state index in [-0.39, 0.29) is 0 Å². The van der Waals surface area contributed by atoms with Crippen LogP contribution in [0.1, 0.15) is 57.1 Å². The minimum atomic E-state index is 0.379. The predicted octanol–water partition coefficient (Wildman–Crippen LogP) is 5.07. The van der Waals surface area contributed by atoms with E-state index >= 15 is 0 Å². The summed E-state index contributed by atoms with van der Waals surface area (Å²) in [6.45, 7) is 6.97. The SMILES string of the molecule is CCCC(CC)C(C)C(c1cccnc1)c1cccnc1. The minimum Gasteiger partial charge on any atom is -0.264 e. The van der Waals surface area contributed by atoms with Gasteiger partial charge in [0.2, 0.25) is 0 Å². The van der Waals surface area contributed by atoms with E-state index in [2.05, 4.69) is 42.9 Å². The van der Waals surface area contributed by atoms with Crippen molar-refractivity contribution < 1.29 is 0 Å². The standard InChI is InChI=1S/C19H26N2/c1-4-8-16(5-2)15(3)19(17-9-6-11-20-13-17)18-10-7-12-21-14-18/h6-7,9-16,19H,4-5,8H2,1-3H3. The van der Waals surface area contributed by atoms with Gasteiger partial charge in [-0.25, -0.2) is 0 Å². The van der Waals surface area contributed by atoms with Crippen LogP contribution in [0.2, 0.25) is 0 Å². The van der Waals surface area contributed by atoms with Gasteiger partial charge >= 0.3 is 0 Å². The molecule has 2 atom stereocenters. The maximum Gasteiger partial charge on any atom is 0.0306 e. The Labute approximate surface area is 128 Å². The van der Waals surface area contributed by atoms with Crippen LogP contribution in [0.4, 0.5) is 0 Å². The fourth-order valence-corrected chi connectivity index (χ4v) is 3.40. The number of hydrogen-bond acceptors (Lipinski definition) is 2. The Hall–Kier alpha value is -1.70. The molecule has 0 spiro atoms. The van der Waals surface area contributed by atoms with E-state index in [9.17, 15) is 0 Å². The molecule has 2 heterocycles. The van der Waals surface area contributed by atoms with Gasteiger partial charge in [-0.1, -0.05) is 52.2 Å². The third-order valence-corrected chi connectivity index (χ3v) is 4.54. The maximum atomic E-state index is 4.32. The average molecular weight is 282 g/mol. The van der Waals surface area contributed by atoms with E-state index in [4.69, 9.17) is 0 Å². The van der Waals surface area contributed by atoms with Crippen LogP contribution >= 0.6 is 0 Å². The molecule has 2 unspecified atom stereocenters. The highest BCUT2D eigenvalue weighted by molar-refractivity contribution is 5.29. The molecule has 2 aromatic heterocycles. The van der Waals surface area contributed by atoms with Gasteiger partial charge < -0.3 is 0 Å². The normalized spacial score (nSPS) is 14.1. The van der Waals surface area contributed by atoms with Crippen molar-refractivity contribution in [3.8, 4) is 0 Å². The third-order valence-electron chi connectivity index (χ3n) is 4.54. The topological polar surface area (TPSA) is 25.8 Å². The first-order chi connectivity index (χ1) is 10.3. The van der Waals surface area contributed by atoms with E-state index in [1.54, 1.807) is 0 Å². The van der Waals surface area contributed by atoms with E-state index in [0.717, 1.165) is 5.92 Å². The zero-order valence-electron chi connectivity index (χ0n) is 13.4. The van der Waals surface area contributed by atoms with Gasteiger partial charge in [0.25, 0.3) is 0 Å².